The van der Waals surface area contributed by atoms with Gasteiger partial charge in [-0.25, -0.2) is 0 Å². The molecule has 17 heavy (non-hydrogen) atoms. The number of nitrogens with one attached hydrogen (secondary N) is 1. The Bertz CT molecular complexity index is 568. The number of hydrogen-bond donors (Lipinski definition) is 2. The molecule has 0 unspecified atom stereocenters. The second-order valence-electron chi connectivity index (χ2n) is 3.29. The van der Waals surface area contributed by atoms with Crippen LogP contribution in [-0.2, 0) is 0 Å². The number of thiophene rings is 1. The van der Waals surface area contributed by atoms with Gasteiger partial charge in [0.1, 0.15) is 4.88 Å². The van der Waals surface area contributed by atoms with E-state index in [1.807, 2.05) is 11.4 Å². The van der Waals surface area contributed by atoms with Crippen molar-refractivity contribution >= 4 is 60.5 Å². The van der Waals surface area contributed by atoms with Crippen molar-refractivity contribution in [2.24, 2.45) is 0 Å². The Morgan fingerprint density at radius 2 is 2.00 bits per heavy atom. The third kappa shape index (κ3) is 2.88. The lowest BCUT2D eigenvalue weighted by atomic mass is 10.3. The second kappa shape index (κ2) is 5.20. The number of nitrogens with two attached hydrogens (primary N) is 1. The summed E-state index contributed by atoms with van der Waals surface area (Å²) in [4.78, 5) is 12.6. The number of rotatable bonds is 2. The summed E-state index contributed by atoms with van der Waals surface area (Å²) < 4.78 is 1.56. The van der Waals surface area contributed by atoms with Crippen LogP contribution in [0.5, 0.6) is 0 Å². The molecule has 2 rings (SSSR count). The van der Waals surface area contributed by atoms with Crippen LogP contribution in [0.2, 0.25) is 0 Å². The van der Waals surface area contributed by atoms with Gasteiger partial charge in [-0.2, -0.15) is 0 Å². The molecule has 0 bridgehead atoms. The van der Waals surface area contributed by atoms with Crippen LogP contribution in [0.25, 0.3) is 0 Å². The van der Waals surface area contributed by atoms with Gasteiger partial charge in [-0.1, -0.05) is 0 Å². The molecule has 0 atom stereocenters. The van der Waals surface area contributed by atoms with Gasteiger partial charge in [0.2, 0.25) is 0 Å². The van der Waals surface area contributed by atoms with Crippen LogP contribution in [0, 0.1) is 0 Å². The normalized spacial score (nSPS) is 10.2. The zero-order valence-corrected chi connectivity index (χ0v) is 12.5. The van der Waals surface area contributed by atoms with Crippen molar-refractivity contribution in [3.63, 3.8) is 0 Å². The molecule has 1 aromatic carbocycles. The zero-order chi connectivity index (χ0) is 12.4. The summed E-state index contributed by atoms with van der Waals surface area (Å²) in [6.07, 6.45) is 0. The van der Waals surface area contributed by atoms with Gasteiger partial charge in [0.25, 0.3) is 5.91 Å². The number of amides is 1. The molecule has 2 aromatic rings. The van der Waals surface area contributed by atoms with Gasteiger partial charge in [0.15, 0.2) is 0 Å². The Kier molecular flexibility index (Phi) is 3.86. The molecule has 0 saturated carbocycles. The fourth-order valence-corrected chi connectivity index (χ4v) is 3.21. The fraction of sp³-hybridized carbons (Fsp3) is 0. The maximum Gasteiger partial charge on any atom is 0.266 e. The number of carbonyl (C=O) groups is 1. The van der Waals surface area contributed by atoms with Gasteiger partial charge < -0.3 is 11.1 Å². The van der Waals surface area contributed by atoms with Gasteiger partial charge in [-0.05, 0) is 61.5 Å². The molecular weight excluding hydrogens is 368 g/mol. The Morgan fingerprint density at radius 1 is 1.24 bits per heavy atom. The lowest BCUT2D eigenvalue weighted by Crippen LogP contribution is -2.11. The van der Waals surface area contributed by atoms with E-state index in [0.717, 1.165) is 8.95 Å². The van der Waals surface area contributed by atoms with Crippen LogP contribution in [0.15, 0.2) is 38.6 Å². The highest BCUT2D eigenvalue weighted by Gasteiger charge is 2.12. The average Bonchev–Trinajstić information content (AvgIpc) is 2.68. The molecule has 0 fully saturated rings. The maximum absolute atomic E-state index is 12.0. The van der Waals surface area contributed by atoms with Crippen LogP contribution in [0.3, 0.4) is 0 Å². The van der Waals surface area contributed by atoms with Crippen LogP contribution >= 0.6 is 43.2 Å². The number of anilines is 2. The van der Waals surface area contributed by atoms with Crippen molar-refractivity contribution in [1.29, 1.82) is 0 Å². The van der Waals surface area contributed by atoms with Gasteiger partial charge in [0, 0.05) is 14.6 Å². The van der Waals surface area contributed by atoms with E-state index in [9.17, 15) is 4.79 Å². The van der Waals surface area contributed by atoms with Crippen molar-refractivity contribution in [2.45, 2.75) is 0 Å². The number of hydrogen-bond acceptors (Lipinski definition) is 3. The molecule has 3 nitrogen and oxygen atoms in total. The van der Waals surface area contributed by atoms with Crippen LogP contribution in [-0.4, -0.2) is 5.91 Å². The second-order valence-corrected chi connectivity index (χ2v) is 5.92. The van der Waals surface area contributed by atoms with E-state index in [4.69, 9.17) is 5.73 Å². The van der Waals surface area contributed by atoms with E-state index >= 15 is 0 Å². The number of benzene rings is 1. The molecule has 88 valence electrons. The first kappa shape index (κ1) is 12.6. The largest absolute Gasteiger partial charge is 0.399 e. The summed E-state index contributed by atoms with van der Waals surface area (Å²) in [7, 11) is 0. The summed E-state index contributed by atoms with van der Waals surface area (Å²) in [6.45, 7) is 0. The summed E-state index contributed by atoms with van der Waals surface area (Å²) in [5.74, 6) is -0.141. The third-order valence-corrected chi connectivity index (χ3v) is 4.56. The van der Waals surface area contributed by atoms with Crippen molar-refractivity contribution in [1.82, 2.24) is 0 Å². The first-order valence-corrected chi connectivity index (χ1v) is 7.14. The van der Waals surface area contributed by atoms with E-state index < -0.39 is 0 Å². The van der Waals surface area contributed by atoms with E-state index in [2.05, 4.69) is 37.2 Å². The summed E-state index contributed by atoms with van der Waals surface area (Å²) in [6, 6.07) is 7.10. The van der Waals surface area contributed by atoms with Crippen molar-refractivity contribution < 1.29 is 4.79 Å². The molecule has 1 heterocycles. The Hall–Kier alpha value is -0.850. The highest BCUT2D eigenvalue weighted by atomic mass is 79.9. The topological polar surface area (TPSA) is 55.1 Å². The van der Waals surface area contributed by atoms with Crippen LogP contribution in [0.4, 0.5) is 11.4 Å². The number of nitrogen functional groups attached to an aromatic ring is 1. The van der Waals surface area contributed by atoms with Crippen LogP contribution < -0.4 is 11.1 Å². The van der Waals surface area contributed by atoms with E-state index in [-0.39, 0.29) is 5.91 Å². The Morgan fingerprint density at radius 3 is 2.59 bits per heavy atom. The van der Waals surface area contributed by atoms with E-state index in [0.29, 0.717) is 16.3 Å². The Labute approximate surface area is 119 Å². The summed E-state index contributed by atoms with van der Waals surface area (Å²) >= 11 is 8.07. The minimum absolute atomic E-state index is 0.141. The summed E-state index contributed by atoms with van der Waals surface area (Å²) in [5, 5.41) is 4.68. The first-order valence-electron chi connectivity index (χ1n) is 4.67. The van der Waals surface area contributed by atoms with Crippen molar-refractivity contribution in [3.05, 3.63) is 43.5 Å². The van der Waals surface area contributed by atoms with Gasteiger partial charge in [-0.3, -0.25) is 4.79 Å². The fourth-order valence-electron chi connectivity index (χ4n) is 1.27. The Balaban J connectivity index is 2.22. The molecule has 0 saturated heterocycles. The molecule has 0 aliphatic rings. The predicted octanol–water partition coefficient (Wildman–Crippen LogP) is 4.11. The minimum atomic E-state index is -0.141. The lowest BCUT2D eigenvalue weighted by molar-refractivity contribution is 0.103. The lowest BCUT2D eigenvalue weighted by Gasteiger charge is -2.07. The zero-order valence-electron chi connectivity index (χ0n) is 8.54. The van der Waals surface area contributed by atoms with Crippen LogP contribution in [0.1, 0.15) is 9.67 Å². The molecule has 0 spiro atoms. The quantitative estimate of drug-likeness (QED) is 0.776. The predicted molar refractivity (Wildman–Crippen MR) is 78.5 cm³/mol. The smallest absolute Gasteiger partial charge is 0.266 e. The van der Waals surface area contributed by atoms with Crippen molar-refractivity contribution in [3.8, 4) is 0 Å². The highest BCUT2D eigenvalue weighted by Crippen LogP contribution is 2.27. The molecule has 1 aromatic heterocycles. The molecule has 0 aliphatic heterocycles. The molecule has 6 heteroatoms. The highest BCUT2D eigenvalue weighted by molar-refractivity contribution is 9.11. The van der Waals surface area contributed by atoms with E-state index in [1.54, 1.807) is 18.2 Å². The monoisotopic (exact) mass is 374 g/mol. The SMILES string of the molecule is Nc1ccc(NC(=O)c2sccc2Br)c(Br)c1. The van der Waals surface area contributed by atoms with E-state index in [1.165, 1.54) is 11.3 Å². The summed E-state index contributed by atoms with van der Waals surface area (Å²) in [5.41, 5.74) is 6.97. The maximum atomic E-state index is 12.0. The molecule has 1 amide bonds. The molecule has 0 radical (unpaired) electrons. The van der Waals surface area contributed by atoms with Gasteiger partial charge >= 0.3 is 0 Å². The third-order valence-electron chi connectivity index (χ3n) is 2.06. The van der Waals surface area contributed by atoms with Crippen molar-refractivity contribution in [2.75, 3.05) is 11.1 Å². The first-order chi connectivity index (χ1) is 8.08. The molecule has 0 aliphatic carbocycles. The minimum Gasteiger partial charge on any atom is -0.399 e. The standard InChI is InChI=1S/C11H8Br2N2OS/c12-7-3-4-17-10(7)11(16)15-9-2-1-6(14)5-8(9)13/h1-5H,14H2,(H,15,16). The average molecular weight is 376 g/mol. The number of halogens is 2. The van der Waals surface area contributed by atoms with Gasteiger partial charge in [-0.15, -0.1) is 11.3 Å². The molecular formula is C11H8Br2N2OS. The number of carbonyl (C=O) groups excluding carboxylic acids is 1. The van der Waals surface area contributed by atoms with Gasteiger partial charge in [0.05, 0.1) is 5.69 Å². The molecule has 3 N–H and O–H groups in total.